The van der Waals surface area contributed by atoms with Gasteiger partial charge in [-0.2, -0.15) is 0 Å². The molecule has 0 saturated carbocycles. The third kappa shape index (κ3) is 5.93. The Morgan fingerprint density at radius 3 is 2.74 bits per heavy atom. The van der Waals surface area contributed by atoms with E-state index in [4.69, 9.17) is 4.74 Å². The minimum absolute atomic E-state index is 0.0112. The van der Waals surface area contributed by atoms with E-state index in [0.29, 0.717) is 26.0 Å². The fourth-order valence-corrected chi connectivity index (χ4v) is 2.61. The fraction of sp³-hybridized carbons (Fsp3) is 0.556. The maximum absolute atomic E-state index is 11.7. The molecular formula is C18H26N2O3. The summed E-state index contributed by atoms with van der Waals surface area (Å²) < 4.78 is 5.56. The number of benzene rings is 1. The SMILES string of the molecule is CCc1ccc(OCCC(=O)NCCCN2CCCC2=O)cc1. The summed E-state index contributed by atoms with van der Waals surface area (Å²) in [6.45, 7) is 4.69. The summed E-state index contributed by atoms with van der Waals surface area (Å²) in [6.07, 6.45) is 3.78. The van der Waals surface area contributed by atoms with Crippen molar-refractivity contribution in [3.05, 3.63) is 29.8 Å². The topological polar surface area (TPSA) is 58.6 Å². The van der Waals surface area contributed by atoms with Crippen LogP contribution in [-0.2, 0) is 16.0 Å². The Morgan fingerprint density at radius 1 is 1.30 bits per heavy atom. The summed E-state index contributed by atoms with van der Waals surface area (Å²) >= 11 is 0. The molecule has 0 aliphatic carbocycles. The average Bonchev–Trinajstić information content (AvgIpc) is 2.97. The summed E-state index contributed by atoms with van der Waals surface area (Å²) in [4.78, 5) is 25.0. The third-order valence-electron chi connectivity index (χ3n) is 4.03. The quantitative estimate of drug-likeness (QED) is 0.710. The molecule has 1 aliphatic rings. The predicted octanol–water partition coefficient (Wildman–Crippen LogP) is 2.15. The monoisotopic (exact) mass is 318 g/mol. The van der Waals surface area contributed by atoms with Crippen molar-refractivity contribution in [1.82, 2.24) is 10.2 Å². The Labute approximate surface area is 138 Å². The van der Waals surface area contributed by atoms with Crippen LogP contribution in [0, 0.1) is 0 Å². The first-order valence-corrected chi connectivity index (χ1v) is 8.45. The van der Waals surface area contributed by atoms with Gasteiger partial charge < -0.3 is 15.0 Å². The van der Waals surface area contributed by atoms with Gasteiger partial charge in [0, 0.05) is 26.1 Å². The lowest BCUT2D eigenvalue weighted by molar-refractivity contribution is -0.127. The molecule has 1 fully saturated rings. The number of hydrogen-bond donors (Lipinski definition) is 1. The smallest absolute Gasteiger partial charge is 0.223 e. The largest absolute Gasteiger partial charge is 0.493 e. The molecule has 5 nitrogen and oxygen atoms in total. The van der Waals surface area contributed by atoms with E-state index >= 15 is 0 Å². The molecule has 126 valence electrons. The van der Waals surface area contributed by atoms with E-state index in [1.54, 1.807) is 0 Å². The molecule has 1 aromatic carbocycles. The van der Waals surface area contributed by atoms with Crippen LogP contribution in [0.3, 0.4) is 0 Å². The van der Waals surface area contributed by atoms with Crippen LogP contribution < -0.4 is 10.1 Å². The van der Waals surface area contributed by atoms with Crippen LogP contribution in [0.4, 0.5) is 0 Å². The predicted molar refractivity (Wildman–Crippen MR) is 89.4 cm³/mol. The van der Waals surface area contributed by atoms with Gasteiger partial charge in [-0.25, -0.2) is 0 Å². The number of amides is 2. The lowest BCUT2D eigenvalue weighted by Gasteiger charge is -2.15. The standard InChI is InChI=1S/C18H26N2O3/c1-2-15-6-8-16(9-7-15)23-14-10-17(21)19-11-4-13-20-12-3-5-18(20)22/h6-9H,2-5,10-14H2,1H3,(H,19,21). The van der Waals surface area contributed by atoms with Gasteiger partial charge in [0.2, 0.25) is 11.8 Å². The minimum atomic E-state index is -0.0112. The van der Waals surface area contributed by atoms with Gasteiger partial charge >= 0.3 is 0 Å². The highest BCUT2D eigenvalue weighted by molar-refractivity contribution is 5.78. The number of carbonyl (C=O) groups excluding carboxylic acids is 2. The van der Waals surface area contributed by atoms with Crippen molar-refractivity contribution in [2.24, 2.45) is 0 Å². The zero-order chi connectivity index (χ0) is 16.5. The maximum atomic E-state index is 11.7. The molecule has 0 unspecified atom stereocenters. The highest BCUT2D eigenvalue weighted by atomic mass is 16.5. The van der Waals surface area contributed by atoms with E-state index in [0.717, 1.165) is 38.1 Å². The number of nitrogens with one attached hydrogen (secondary N) is 1. The zero-order valence-corrected chi connectivity index (χ0v) is 13.8. The van der Waals surface area contributed by atoms with Crippen LogP contribution in [0.2, 0.25) is 0 Å². The first kappa shape index (κ1) is 17.3. The van der Waals surface area contributed by atoms with Crippen molar-refractivity contribution < 1.29 is 14.3 Å². The number of carbonyl (C=O) groups is 2. The highest BCUT2D eigenvalue weighted by Crippen LogP contribution is 2.12. The molecule has 1 saturated heterocycles. The Bertz CT molecular complexity index is 514. The van der Waals surface area contributed by atoms with E-state index in [9.17, 15) is 9.59 Å². The first-order valence-electron chi connectivity index (χ1n) is 8.45. The molecule has 1 aliphatic heterocycles. The molecule has 0 spiro atoms. The summed E-state index contributed by atoms with van der Waals surface area (Å²) in [6, 6.07) is 7.94. The van der Waals surface area contributed by atoms with Crippen molar-refractivity contribution in [3.63, 3.8) is 0 Å². The van der Waals surface area contributed by atoms with Gasteiger partial charge in [0.1, 0.15) is 5.75 Å². The molecule has 23 heavy (non-hydrogen) atoms. The zero-order valence-electron chi connectivity index (χ0n) is 13.8. The second-order valence-corrected chi connectivity index (χ2v) is 5.78. The van der Waals surface area contributed by atoms with E-state index < -0.39 is 0 Å². The number of nitrogens with zero attached hydrogens (tertiary/aromatic N) is 1. The van der Waals surface area contributed by atoms with Gasteiger partial charge in [-0.3, -0.25) is 9.59 Å². The maximum Gasteiger partial charge on any atom is 0.223 e. The van der Waals surface area contributed by atoms with E-state index in [1.165, 1.54) is 5.56 Å². The molecule has 0 aromatic heterocycles. The first-order chi connectivity index (χ1) is 11.2. The van der Waals surface area contributed by atoms with Gasteiger partial charge in [-0.15, -0.1) is 0 Å². The molecule has 2 rings (SSSR count). The lowest BCUT2D eigenvalue weighted by atomic mass is 10.2. The van der Waals surface area contributed by atoms with Gasteiger partial charge in [-0.05, 0) is 37.0 Å². The van der Waals surface area contributed by atoms with Crippen LogP contribution in [0.5, 0.6) is 5.75 Å². The van der Waals surface area contributed by atoms with E-state index in [1.807, 2.05) is 29.2 Å². The van der Waals surface area contributed by atoms with Crippen LogP contribution in [0.15, 0.2) is 24.3 Å². The molecule has 2 amide bonds. The number of hydrogen-bond acceptors (Lipinski definition) is 3. The molecule has 1 aromatic rings. The summed E-state index contributed by atoms with van der Waals surface area (Å²) in [5.41, 5.74) is 1.27. The number of rotatable bonds is 9. The summed E-state index contributed by atoms with van der Waals surface area (Å²) in [7, 11) is 0. The van der Waals surface area contributed by atoms with Crippen LogP contribution in [-0.4, -0.2) is 43.0 Å². The van der Waals surface area contributed by atoms with Crippen LogP contribution in [0.25, 0.3) is 0 Å². The molecule has 1 N–H and O–H groups in total. The Balaban J connectivity index is 1.53. The van der Waals surface area contributed by atoms with E-state index in [2.05, 4.69) is 12.2 Å². The van der Waals surface area contributed by atoms with Crippen molar-refractivity contribution in [2.75, 3.05) is 26.2 Å². The molecule has 0 bridgehead atoms. The van der Waals surface area contributed by atoms with Crippen molar-refractivity contribution >= 4 is 11.8 Å². The fourth-order valence-electron chi connectivity index (χ4n) is 2.61. The average molecular weight is 318 g/mol. The number of ether oxygens (including phenoxy) is 1. The number of aryl methyl sites for hydroxylation is 1. The Morgan fingerprint density at radius 2 is 2.09 bits per heavy atom. The van der Waals surface area contributed by atoms with Crippen LogP contribution in [0.1, 0.15) is 38.2 Å². The highest BCUT2D eigenvalue weighted by Gasteiger charge is 2.18. The van der Waals surface area contributed by atoms with Crippen molar-refractivity contribution in [1.29, 1.82) is 0 Å². The van der Waals surface area contributed by atoms with Gasteiger partial charge in [0.25, 0.3) is 0 Å². The van der Waals surface area contributed by atoms with Gasteiger partial charge in [-0.1, -0.05) is 19.1 Å². The number of likely N-dealkylation sites (tertiary alicyclic amines) is 1. The van der Waals surface area contributed by atoms with E-state index in [-0.39, 0.29) is 11.8 Å². The normalized spacial score (nSPS) is 14.1. The summed E-state index contributed by atoms with van der Waals surface area (Å²) in [5, 5.41) is 2.87. The second kappa shape index (κ2) is 9.18. The molecular weight excluding hydrogens is 292 g/mol. The molecule has 0 radical (unpaired) electrons. The van der Waals surface area contributed by atoms with Crippen LogP contribution >= 0.6 is 0 Å². The minimum Gasteiger partial charge on any atom is -0.493 e. The third-order valence-corrected chi connectivity index (χ3v) is 4.03. The van der Waals surface area contributed by atoms with Crippen molar-refractivity contribution in [3.8, 4) is 5.75 Å². The lowest BCUT2D eigenvalue weighted by Crippen LogP contribution is -2.31. The second-order valence-electron chi connectivity index (χ2n) is 5.78. The Hall–Kier alpha value is -2.04. The molecule has 0 atom stereocenters. The van der Waals surface area contributed by atoms with Crippen molar-refractivity contribution in [2.45, 2.75) is 39.0 Å². The Kier molecular flexibility index (Phi) is 6.91. The van der Waals surface area contributed by atoms with Gasteiger partial charge in [0.05, 0.1) is 13.0 Å². The summed E-state index contributed by atoms with van der Waals surface area (Å²) in [5.74, 6) is 1.02. The molecule has 5 heteroatoms. The van der Waals surface area contributed by atoms with Gasteiger partial charge in [0.15, 0.2) is 0 Å². The molecule has 1 heterocycles.